The molecule has 4 heteroatoms. The highest BCUT2D eigenvalue weighted by molar-refractivity contribution is 5.81. The summed E-state index contributed by atoms with van der Waals surface area (Å²) in [6.07, 6.45) is 2.12. The van der Waals surface area contributed by atoms with E-state index in [0.29, 0.717) is 11.8 Å². The first kappa shape index (κ1) is 16.0. The Hall–Kier alpha value is -1.86. The van der Waals surface area contributed by atoms with E-state index in [-0.39, 0.29) is 12.0 Å². The number of benzene rings is 1. The van der Waals surface area contributed by atoms with Crippen LogP contribution in [0.2, 0.25) is 0 Å². The van der Waals surface area contributed by atoms with Gasteiger partial charge in [0.1, 0.15) is 6.04 Å². The van der Waals surface area contributed by atoms with E-state index in [1.165, 1.54) is 5.56 Å². The predicted molar refractivity (Wildman–Crippen MR) is 89.8 cm³/mol. The number of nitriles is 1. The summed E-state index contributed by atoms with van der Waals surface area (Å²) in [5.74, 6) is 1.11. The van der Waals surface area contributed by atoms with Gasteiger partial charge in [0.25, 0.3) is 0 Å². The van der Waals surface area contributed by atoms with Crippen molar-refractivity contribution in [3.63, 3.8) is 0 Å². The summed E-state index contributed by atoms with van der Waals surface area (Å²) >= 11 is 0. The molecule has 0 spiro atoms. The van der Waals surface area contributed by atoms with Crippen molar-refractivity contribution >= 4 is 5.91 Å². The van der Waals surface area contributed by atoms with Gasteiger partial charge in [0.05, 0.1) is 6.07 Å². The van der Waals surface area contributed by atoms with Crippen molar-refractivity contribution < 1.29 is 4.79 Å². The third-order valence-electron chi connectivity index (χ3n) is 4.96. The van der Waals surface area contributed by atoms with Crippen molar-refractivity contribution in [3.05, 3.63) is 35.4 Å². The summed E-state index contributed by atoms with van der Waals surface area (Å²) in [6, 6.07) is 10.6. The average Bonchev–Trinajstić information content (AvgIpc) is 3.41. The summed E-state index contributed by atoms with van der Waals surface area (Å²) in [5.41, 5.74) is 2.35. The maximum atomic E-state index is 12.1. The third-order valence-corrected chi connectivity index (χ3v) is 4.96. The van der Waals surface area contributed by atoms with Crippen LogP contribution in [0.3, 0.4) is 0 Å². The second kappa shape index (κ2) is 6.72. The molecular weight excluding hydrogens is 286 g/mol. The molecule has 1 aromatic rings. The Morgan fingerprint density at radius 3 is 2.13 bits per heavy atom. The van der Waals surface area contributed by atoms with E-state index < -0.39 is 0 Å². The Labute approximate surface area is 138 Å². The fourth-order valence-corrected chi connectivity index (χ4v) is 3.22. The van der Waals surface area contributed by atoms with E-state index in [0.717, 1.165) is 44.6 Å². The molecule has 0 N–H and O–H groups in total. The number of amides is 1. The second-order valence-electron chi connectivity index (χ2n) is 6.99. The average molecular weight is 311 g/mol. The van der Waals surface area contributed by atoms with Gasteiger partial charge in [-0.3, -0.25) is 9.69 Å². The lowest BCUT2D eigenvalue weighted by molar-refractivity contribution is -0.134. The van der Waals surface area contributed by atoms with Crippen molar-refractivity contribution in [2.24, 2.45) is 5.92 Å². The van der Waals surface area contributed by atoms with E-state index in [9.17, 15) is 10.1 Å². The standard InChI is InChI=1S/C19H25N3O/c1-14(2)15-3-5-16(6-4-15)18(13-20)21-9-11-22(12-10-21)19(23)17-7-8-17/h3-6,14,17-18H,7-12H2,1-2H3. The minimum Gasteiger partial charge on any atom is -0.340 e. The molecule has 0 aromatic heterocycles. The van der Waals surface area contributed by atoms with Gasteiger partial charge in [0.2, 0.25) is 5.91 Å². The summed E-state index contributed by atoms with van der Waals surface area (Å²) in [6.45, 7) is 7.40. The summed E-state index contributed by atoms with van der Waals surface area (Å²) < 4.78 is 0. The monoisotopic (exact) mass is 311 g/mol. The van der Waals surface area contributed by atoms with Crippen LogP contribution in [0.4, 0.5) is 0 Å². The zero-order chi connectivity index (χ0) is 16.4. The number of piperazine rings is 1. The van der Waals surface area contributed by atoms with Crippen molar-refractivity contribution in [1.82, 2.24) is 9.80 Å². The number of nitrogens with zero attached hydrogens (tertiary/aromatic N) is 3. The first-order valence-corrected chi connectivity index (χ1v) is 8.62. The maximum Gasteiger partial charge on any atom is 0.225 e. The lowest BCUT2D eigenvalue weighted by Gasteiger charge is -2.37. The quantitative estimate of drug-likeness (QED) is 0.859. The van der Waals surface area contributed by atoms with Crippen molar-refractivity contribution in [3.8, 4) is 6.07 Å². The molecule has 0 bridgehead atoms. The fraction of sp³-hybridized carbons (Fsp3) is 0.579. The molecular formula is C19H25N3O. The number of rotatable bonds is 4. The number of hydrogen-bond acceptors (Lipinski definition) is 3. The molecule has 2 fully saturated rings. The van der Waals surface area contributed by atoms with Gasteiger partial charge in [-0.2, -0.15) is 5.26 Å². The van der Waals surface area contributed by atoms with Gasteiger partial charge in [-0.1, -0.05) is 38.1 Å². The van der Waals surface area contributed by atoms with Crippen LogP contribution in [0.1, 0.15) is 49.8 Å². The lowest BCUT2D eigenvalue weighted by Crippen LogP contribution is -2.49. The van der Waals surface area contributed by atoms with Crippen LogP contribution in [-0.4, -0.2) is 41.9 Å². The predicted octanol–water partition coefficient (Wildman–Crippen LogP) is 2.93. The van der Waals surface area contributed by atoms with Crippen LogP contribution < -0.4 is 0 Å². The normalized spacial score (nSPS) is 20.3. The number of carbonyl (C=O) groups excluding carboxylic acids is 1. The van der Waals surface area contributed by atoms with E-state index in [2.05, 4.69) is 49.1 Å². The van der Waals surface area contributed by atoms with Gasteiger partial charge in [0.15, 0.2) is 0 Å². The highest BCUT2D eigenvalue weighted by Crippen LogP contribution is 2.32. The first-order valence-electron chi connectivity index (χ1n) is 8.62. The zero-order valence-electron chi connectivity index (χ0n) is 14.0. The van der Waals surface area contributed by atoms with E-state index >= 15 is 0 Å². The largest absolute Gasteiger partial charge is 0.340 e. The third kappa shape index (κ3) is 3.56. The van der Waals surface area contributed by atoms with E-state index in [1.807, 2.05) is 4.90 Å². The van der Waals surface area contributed by atoms with Gasteiger partial charge in [-0.15, -0.1) is 0 Å². The molecule has 3 rings (SSSR count). The van der Waals surface area contributed by atoms with Gasteiger partial charge < -0.3 is 4.90 Å². The molecule has 1 aromatic carbocycles. The molecule has 1 amide bonds. The summed E-state index contributed by atoms with van der Waals surface area (Å²) in [7, 11) is 0. The molecule has 0 radical (unpaired) electrons. The maximum absolute atomic E-state index is 12.1. The van der Waals surface area contributed by atoms with Crippen molar-refractivity contribution in [2.45, 2.75) is 38.6 Å². The topological polar surface area (TPSA) is 47.3 Å². The second-order valence-corrected chi connectivity index (χ2v) is 6.99. The molecule has 1 saturated heterocycles. The Morgan fingerprint density at radius 2 is 1.65 bits per heavy atom. The fourth-order valence-electron chi connectivity index (χ4n) is 3.22. The highest BCUT2D eigenvalue weighted by atomic mass is 16.2. The molecule has 2 aliphatic rings. The van der Waals surface area contributed by atoms with Crippen LogP contribution in [0, 0.1) is 17.2 Å². The van der Waals surface area contributed by atoms with Crippen LogP contribution in [0.5, 0.6) is 0 Å². The Balaban J connectivity index is 1.63. The van der Waals surface area contributed by atoms with Gasteiger partial charge in [-0.05, 0) is 29.9 Å². The molecule has 1 unspecified atom stereocenters. The van der Waals surface area contributed by atoms with Crippen LogP contribution in [-0.2, 0) is 4.79 Å². The molecule has 1 atom stereocenters. The summed E-state index contributed by atoms with van der Waals surface area (Å²) in [5, 5.41) is 9.61. The van der Waals surface area contributed by atoms with Gasteiger partial charge >= 0.3 is 0 Å². The van der Waals surface area contributed by atoms with Crippen molar-refractivity contribution in [1.29, 1.82) is 5.26 Å². The minimum atomic E-state index is -0.214. The summed E-state index contributed by atoms with van der Waals surface area (Å²) in [4.78, 5) is 16.3. The molecule has 1 saturated carbocycles. The first-order chi connectivity index (χ1) is 11.1. The zero-order valence-corrected chi connectivity index (χ0v) is 14.0. The van der Waals surface area contributed by atoms with Gasteiger partial charge in [0, 0.05) is 32.1 Å². The minimum absolute atomic E-state index is 0.214. The molecule has 23 heavy (non-hydrogen) atoms. The highest BCUT2D eigenvalue weighted by Gasteiger charge is 2.35. The molecule has 122 valence electrons. The number of hydrogen-bond donors (Lipinski definition) is 0. The van der Waals surface area contributed by atoms with Gasteiger partial charge in [-0.25, -0.2) is 0 Å². The van der Waals surface area contributed by atoms with E-state index in [1.54, 1.807) is 0 Å². The lowest BCUT2D eigenvalue weighted by atomic mass is 9.98. The van der Waals surface area contributed by atoms with Crippen LogP contribution >= 0.6 is 0 Å². The molecule has 4 nitrogen and oxygen atoms in total. The smallest absolute Gasteiger partial charge is 0.225 e. The molecule has 1 heterocycles. The molecule has 1 aliphatic heterocycles. The molecule has 1 aliphatic carbocycles. The number of carbonyl (C=O) groups is 1. The Kier molecular flexibility index (Phi) is 4.68. The Morgan fingerprint density at radius 1 is 1.09 bits per heavy atom. The van der Waals surface area contributed by atoms with Crippen molar-refractivity contribution in [2.75, 3.05) is 26.2 Å². The van der Waals surface area contributed by atoms with Crippen LogP contribution in [0.25, 0.3) is 0 Å². The SMILES string of the molecule is CC(C)c1ccc(C(C#N)N2CCN(C(=O)C3CC3)CC2)cc1. The Bertz CT molecular complexity index is 590. The van der Waals surface area contributed by atoms with E-state index in [4.69, 9.17) is 0 Å². The van der Waals surface area contributed by atoms with Crippen LogP contribution in [0.15, 0.2) is 24.3 Å².